The number of hydrogen-bond donors (Lipinski definition) is 0. The second-order valence-corrected chi connectivity index (χ2v) is 6.46. The molecule has 0 bridgehead atoms. The van der Waals surface area contributed by atoms with Gasteiger partial charge in [-0.05, 0) is 33.3 Å². The van der Waals surface area contributed by atoms with Crippen molar-refractivity contribution < 1.29 is 18.5 Å². The van der Waals surface area contributed by atoms with Crippen LogP contribution in [0.2, 0.25) is 0 Å². The van der Waals surface area contributed by atoms with Crippen LogP contribution in [0.3, 0.4) is 0 Å². The van der Waals surface area contributed by atoms with E-state index in [-0.39, 0.29) is 18.2 Å². The minimum atomic E-state index is -0.0329. The standard InChI is InChI=1S/C18H23N3O4/c1-12-9-15(25-19-12)11-17(22)20-5-4-6-21(8-7-20)18(23)16-10-13(2)24-14(16)3/h9-10H,4-8,11H2,1-3H3. The van der Waals surface area contributed by atoms with E-state index in [1.54, 1.807) is 28.9 Å². The average molecular weight is 345 g/mol. The molecule has 25 heavy (non-hydrogen) atoms. The van der Waals surface area contributed by atoms with Crippen LogP contribution in [0.15, 0.2) is 21.1 Å². The van der Waals surface area contributed by atoms with Gasteiger partial charge in [0, 0.05) is 32.2 Å². The summed E-state index contributed by atoms with van der Waals surface area (Å²) in [4.78, 5) is 28.7. The molecular formula is C18H23N3O4. The van der Waals surface area contributed by atoms with Gasteiger partial charge < -0.3 is 18.7 Å². The summed E-state index contributed by atoms with van der Waals surface area (Å²) in [5.41, 5.74) is 1.37. The fraction of sp³-hybridized carbons (Fsp3) is 0.500. The Labute approximate surface area is 146 Å². The van der Waals surface area contributed by atoms with Crippen LogP contribution >= 0.6 is 0 Å². The number of hydrogen-bond acceptors (Lipinski definition) is 5. The lowest BCUT2D eigenvalue weighted by atomic mass is 10.2. The Morgan fingerprint density at radius 1 is 1.08 bits per heavy atom. The van der Waals surface area contributed by atoms with E-state index in [1.807, 2.05) is 13.8 Å². The average Bonchev–Trinajstić information content (AvgIpc) is 3.02. The van der Waals surface area contributed by atoms with E-state index in [1.165, 1.54) is 0 Å². The maximum Gasteiger partial charge on any atom is 0.257 e. The second-order valence-electron chi connectivity index (χ2n) is 6.46. The third-order valence-corrected chi connectivity index (χ3v) is 4.41. The van der Waals surface area contributed by atoms with Crippen LogP contribution in [0.4, 0.5) is 0 Å². The molecule has 1 saturated heterocycles. The summed E-state index contributed by atoms with van der Waals surface area (Å²) in [6.07, 6.45) is 0.956. The smallest absolute Gasteiger partial charge is 0.257 e. The summed E-state index contributed by atoms with van der Waals surface area (Å²) in [5.74, 6) is 1.91. The van der Waals surface area contributed by atoms with Gasteiger partial charge in [-0.3, -0.25) is 9.59 Å². The fourth-order valence-corrected chi connectivity index (χ4v) is 3.14. The zero-order valence-electron chi connectivity index (χ0n) is 14.9. The molecule has 1 aliphatic heterocycles. The Balaban J connectivity index is 1.61. The van der Waals surface area contributed by atoms with E-state index in [9.17, 15) is 9.59 Å². The molecule has 0 radical (unpaired) electrons. The lowest BCUT2D eigenvalue weighted by Crippen LogP contribution is -2.38. The maximum absolute atomic E-state index is 12.7. The SMILES string of the molecule is Cc1cc(CC(=O)N2CCCN(C(=O)c3cc(C)oc3C)CC2)on1. The molecule has 0 atom stereocenters. The molecule has 134 valence electrons. The van der Waals surface area contributed by atoms with Gasteiger partial charge in [0.1, 0.15) is 17.3 Å². The lowest BCUT2D eigenvalue weighted by molar-refractivity contribution is -0.130. The largest absolute Gasteiger partial charge is 0.466 e. The van der Waals surface area contributed by atoms with Crippen molar-refractivity contribution in [2.24, 2.45) is 0 Å². The first-order valence-corrected chi connectivity index (χ1v) is 8.50. The highest BCUT2D eigenvalue weighted by Crippen LogP contribution is 2.17. The number of furan rings is 1. The van der Waals surface area contributed by atoms with Gasteiger partial charge in [0.25, 0.3) is 5.91 Å². The van der Waals surface area contributed by atoms with Crippen molar-refractivity contribution in [3.05, 3.63) is 40.7 Å². The summed E-state index contributed by atoms with van der Waals surface area (Å²) in [5, 5.41) is 3.80. The van der Waals surface area contributed by atoms with E-state index in [0.29, 0.717) is 43.3 Å². The van der Waals surface area contributed by atoms with E-state index >= 15 is 0 Å². The van der Waals surface area contributed by atoms with E-state index in [4.69, 9.17) is 8.94 Å². The number of carbonyl (C=O) groups is 2. The molecule has 2 aromatic rings. The Kier molecular flexibility index (Phi) is 4.92. The molecule has 0 spiro atoms. The van der Waals surface area contributed by atoms with Crippen LogP contribution < -0.4 is 0 Å². The maximum atomic E-state index is 12.7. The molecule has 7 heteroatoms. The van der Waals surface area contributed by atoms with Crippen LogP contribution in [0.1, 0.15) is 39.8 Å². The molecule has 0 saturated carbocycles. The van der Waals surface area contributed by atoms with Crippen molar-refractivity contribution in [1.29, 1.82) is 0 Å². The highest BCUT2D eigenvalue weighted by molar-refractivity contribution is 5.95. The van der Waals surface area contributed by atoms with Gasteiger partial charge in [-0.2, -0.15) is 0 Å². The summed E-state index contributed by atoms with van der Waals surface area (Å²) < 4.78 is 10.6. The number of aryl methyl sites for hydroxylation is 3. The summed E-state index contributed by atoms with van der Waals surface area (Å²) in [6.45, 7) is 7.77. The highest BCUT2D eigenvalue weighted by atomic mass is 16.5. The molecule has 2 aromatic heterocycles. The Morgan fingerprint density at radius 2 is 1.80 bits per heavy atom. The summed E-state index contributed by atoms with van der Waals surface area (Å²) >= 11 is 0. The number of rotatable bonds is 3. The van der Waals surface area contributed by atoms with Crippen molar-refractivity contribution in [1.82, 2.24) is 15.0 Å². The number of amides is 2. The van der Waals surface area contributed by atoms with Gasteiger partial charge in [-0.15, -0.1) is 0 Å². The third kappa shape index (κ3) is 3.92. The molecule has 0 N–H and O–H groups in total. The highest BCUT2D eigenvalue weighted by Gasteiger charge is 2.25. The second kappa shape index (κ2) is 7.13. The quantitative estimate of drug-likeness (QED) is 0.851. The molecular weight excluding hydrogens is 322 g/mol. The lowest BCUT2D eigenvalue weighted by Gasteiger charge is -2.21. The predicted molar refractivity (Wildman–Crippen MR) is 90.2 cm³/mol. The number of nitrogens with zero attached hydrogens (tertiary/aromatic N) is 3. The monoisotopic (exact) mass is 345 g/mol. The normalized spacial score (nSPS) is 15.3. The van der Waals surface area contributed by atoms with Crippen molar-refractivity contribution >= 4 is 11.8 Å². The Hall–Kier alpha value is -2.57. The molecule has 7 nitrogen and oxygen atoms in total. The minimum absolute atomic E-state index is 0.000727. The van der Waals surface area contributed by atoms with Gasteiger partial charge in [-0.25, -0.2) is 0 Å². The van der Waals surface area contributed by atoms with Gasteiger partial charge in [0.2, 0.25) is 5.91 Å². The zero-order chi connectivity index (χ0) is 18.0. The van der Waals surface area contributed by atoms with Crippen molar-refractivity contribution in [3.63, 3.8) is 0 Å². The van der Waals surface area contributed by atoms with Crippen molar-refractivity contribution in [2.45, 2.75) is 33.6 Å². The predicted octanol–water partition coefficient (Wildman–Crippen LogP) is 2.11. The van der Waals surface area contributed by atoms with Gasteiger partial charge in [0.15, 0.2) is 0 Å². The molecule has 2 amide bonds. The molecule has 0 unspecified atom stereocenters. The molecule has 3 rings (SSSR count). The van der Waals surface area contributed by atoms with E-state index < -0.39 is 0 Å². The molecule has 0 aromatic carbocycles. The van der Waals surface area contributed by atoms with E-state index in [0.717, 1.165) is 17.9 Å². The van der Waals surface area contributed by atoms with Crippen LogP contribution in [0.5, 0.6) is 0 Å². The first kappa shape index (κ1) is 17.3. The van der Waals surface area contributed by atoms with Gasteiger partial charge in [-0.1, -0.05) is 5.16 Å². The molecule has 0 aliphatic carbocycles. The minimum Gasteiger partial charge on any atom is -0.466 e. The third-order valence-electron chi connectivity index (χ3n) is 4.41. The van der Waals surface area contributed by atoms with Gasteiger partial charge >= 0.3 is 0 Å². The molecule has 1 aliphatic rings. The van der Waals surface area contributed by atoms with Crippen LogP contribution in [-0.2, 0) is 11.2 Å². The topological polar surface area (TPSA) is 79.8 Å². The summed E-state index contributed by atoms with van der Waals surface area (Å²) in [6, 6.07) is 3.55. The Morgan fingerprint density at radius 3 is 2.44 bits per heavy atom. The van der Waals surface area contributed by atoms with Crippen LogP contribution in [0.25, 0.3) is 0 Å². The van der Waals surface area contributed by atoms with Crippen LogP contribution in [0, 0.1) is 20.8 Å². The number of carbonyl (C=O) groups excluding carboxylic acids is 2. The van der Waals surface area contributed by atoms with Crippen molar-refractivity contribution in [2.75, 3.05) is 26.2 Å². The molecule has 3 heterocycles. The number of aromatic nitrogens is 1. The summed E-state index contributed by atoms with van der Waals surface area (Å²) in [7, 11) is 0. The first-order valence-electron chi connectivity index (χ1n) is 8.50. The van der Waals surface area contributed by atoms with E-state index in [2.05, 4.69) is 5.16 Å². The molecule has 1 fully saturated rings. The van der Waals surface area contributed by atoms with Gasteiger partial charge in [0.05, 0.1) is 17.7 Å². The van der Waals surface area contributed by atoms with Crippen LogP contribution in [-0.4, -0.2) is 52.9 Å². The Bertz CT molecular complexity index is 777. The zero-order valence-corrected chi connectivity index (χ0v) is 14.9. The van der Waals surface area contributed by atoms with Crippen molar-refractivity contribution in [3.8, 4) is 0 Å². The fourth-order valence-electron chi connectivity index (χ4n) is 3.14. The first-order chi connectivity index (χ1) is 11.9.